The monoisotopic (exact) mass is 439 g/mol. The maximum absolute atomic E-state index is 13.3. The van der Waals surface area contributed by atoms with Gasteiger partial charge in [0, 0.05) is 51.5 Å². The summed E-state index contributed by atoms with van der Waals surface area (Å²) < 4.78 is 18.7. The number of piperidine rings is 1. The first-order chi connectivity index (χ1) is 15.7. The number of hydrogen-bond acceptors (Lipinski definition) is 3. The lowest BCUT2D eigenvalue weighted by Crippen LogP contribution is -2.56. The molecule has 0 bridgehead atoms. The Labute approximate surface area is 190 Å². The number of rotatable bonds is 7. The second-order valence-corrected chi connectivity index (χ2v) is 8.85. The zero-order chi connectivity index (χ0) is 22.2. The van der Waals surface area contributed by atoms with Gasteiger partial charge in [0.1, 0.15) is 5.82 Å². The number of hydrogen-bond donors (Lipinski definition) is 1. The maximum atomic E-state index is 13.3. The molecule has 6 heteroatoms. The molecule has 0 saturated carbocycles. The van der Waals surface area contributed by atoms with E-state index in [-0.39, 0.29) is 23.9 Å². The Morgan fingerprint density at radius 1 is 0.938 bits per heavy atom. The highest BCUT2D eigenvalue weighted by molar-refractivity contribution is 5.75. The first-order valence-electron chi connectivity index (χ1n) is 11.8. The summed E-state index contributed by atoms with van der Waals surface area (Å²) in [6.07, 6.45) is 4.57. The van der Waals surface area contributed by atoms with Gasteiger partial charge in [-0.15, -0.1) is 0 Å². The van der Waals surface area contributed by atoms with Gasteiger partial charge >= 0.3 is 6.03 Å². The number of ether oxygens (including phenoxy) is 1. The van der Waals surface area contributed by atoms with Gasteiger partial charge in [0.2, 0.25) is 0 Å². The fourth-order valence-corrected chi connectivity index (χ4v) is 4.85. The van der Waals surface area contributed by atoms with Crippen molar-refractivity contribution in [3.63, 3.8) is 0 Å². The lowest BCUT2D eigenvalue weighted by molar-refractivity contribution is 0.0204. The minimum atomic E-state index is -0.196. The quantitative estimate of drug-likeness (QED) is 0.703. The topological polar surface area (TPSA) is 44.8 Å². The number of likely N-dealkylation sites (tertiary alicyclic amines) is 1. The smallest absolute Gasteiger partial charge is 0.317 e. The zero-order valence-corrected chi connectivity index (χ0v) is 18.7. The third-order valence-corrected chi connectivity index (χ3v) is 6.62. The molecule has 0 spiro atoms. The van der Waals surface area contributed by atoms with Crippen molar-refractivity contribution in [2.45, 2.75) is 50.7 Å². The van der Waals surface area contributed by atoms with E-state index in [0.717, 1.165) is 70.5 Å². The van der Waals surface area contributed by atoms with Crippen LogP contribution in [0.25, 0.3) is 0 Å². The van der Waals surface area contributed by atoms with Crippen LogP contribution in [0.15, 0.2) is 54.6 Å². The number of nitrogens with zero attached hydrogens (tertiary/aromatic N) is 2. The number of urea groups is 1. The highest BCUT2D eigenvalue weighted by Gasteiger charge is 2.34. The number of carbonyl (C=O) groups excluding carboxylic acids is 1. The molecule has 5 nitrogen and oxygen atoms in total. The summed E-state index contributed by atoms with van der Waals surface area (Å²) in [6.45, 7) is 4.81. The number of amides is 2. The van der Waals surface area contributed by atoms with Gasteiger partial charge in [0.25, 0.3) is 0 Å². The van der Waals surface area contributed by atoms with Crippen LogP contribution in [0.4, 0.5) is 9.18 Å². The van der Waals surface area contributed by atoms with E-state index >= 15 is 0 Å². The van der Waals surface area contributed by atoms with Crippen LogP contribution in [0.3, 0.4) is 0 Å². The van der Waals surface area contributed by atoms with Crippen LogP contribution in [0.5, 0.6) is 0 Å². The summed E-state index contributed by atoms with van der Waals surface area (Å²) in [7, 11) is 0. The average molecular weight is 440 g/mol. The van der Waals surface area contributed by atoms with Crippen molar-refractivity contribution < 1.29 is 13.9 Å². The van der Waals surface area contributed by atoms with Crippen molar-refractivity contribution >= 4 is 6.03 Å². The molecule has 2 heterocycles. The minimum absolute atomic E-state index is 0.0600. The summed E-state index contributed by atoms with van der Waals surface area (Å²) in [5, 5.41) is 3.18. The van der Waals surface area contributed by atoms with Gasteiger partial charge in [-0.3, -0.25) is 4.90 Å². The fourth-order valence-electron chi connectivity index (χ4n) is 4.85. The van der Waals surface area contributed by atoms with Crippen LogP contribution >= 0.6 is 0 Å². The molecule has 1 N–H and O–H groups in total. The van der Waals surface area contributed by atoms with E-state index in [0.29, 0.717) is 6.54 Å². The normalized spacial score (nSPS) is 18.4. The molecule has 0 unspecified atom stereocenters. The van der Waals surface area contributed by atoms with Crippen LogP contribution < -0.4 is 5.32 Å². The Balaban J connectivity index is 1.32. The molecule has 2 aliphatic heterocycles. The van der Waals surface area contributed by atoms with Crippen LogP contribution in [0, 0.1) is 5.82 Å². The van der Waals surface area contributed by atoms with Crippen molar-refractivity contribution in [3.05, 3.63) is 71.5 Å². The van der Waals surface area contributed by atoms with Gasteiger partial charge in [0.05, 0.1) is 0 Å². The number of halogens is 1. The van der Waals surface area contributed by atoms with Crippen LogP contribution in [0.1, 0.15) is 36.8 Å². The van der Waals surface area contributed by atoms with E-state index in [1.807, 2.05) is 30.3 Å². The minimum Gasteiger partial charge on any atom is -0.381 e. The summed E-state index contributed by atoms with van der Waals surface area (Å²) in [4.78, 5) is 17.8. The Morgan fingerprint density at radius 2 is 1.59 bits per heavy atom. The molecule has 2 amide bonds. The molecular formula is C26H34FN3O2. The van der Waals surface area contributed by atoms with E-state index in [1.54, 1.807) is 0 Å². The van der Waals surface area contributed by atoms with Crippen LogP contribution in [-0.2, 0) is 17.7 Å². The largest absolute Gasteiger partial charge is 0.381 e. The van der Waals surface area contributed by atoms with Gasteiger partial charge in [0.15, 0.2) is 0 Å². The van der Waals surface area contributed by atoms with Crippen molar-refractivity contribution in [2.24, 2.45) is 0 Å². The molecule has 0 aliphatic carbocycles. The molecule has 172 valence electrons. The molecule has 2 saturated heterocycles. The van der Waals surface area contributed by atoms with E-state index < -0.39 is 0 Å². The predicted molar refractivity (Wildman–Crippen MR) is 124 cm³/mol. The average Bonchev–Trinajstić information content (AvgIpc) is 2.83. The van der Waals surface area contributed by atoms with Crippen LogP contribution in [0.2, 0.25) is 0 Å². The Bertz CT molecular complexity index is 832. The molecule has 4 rings (SSSR count). The van der Waals surface area contributed by atoms with E-state index in [1.165, 1.54) is 17.7 Å². The van der Waals surface area contributed by atoms with Gasteiger partial charge in [-0.25, -0.2) is 9.18 Å². The molecular weight excluding hydrogens is 405 g/mol. The molecule has 2 aromatic carbocycles. The van der Waals surface area contributed by atoms with Gasteiger partial charge < -0.3 is 15.0 Å². The molecule has 32 heavy (non-hydrogen) atoms. The summed E-state index contributed by atoms with van der Waals surface area (Å²) in [5.41, 5.74) is 2.37. The Hall–Kier alpha value is -2.44. The second-order valence-electron chi connectivity index (χ2n) is 8.85. The van der Waals surface area contributed by atoms with E-state index in [2.05, 4.69) is 27.2 Å². The number of benzene rings is 2. The third-order valence-electron chi connectivity index (χ3n) is 6.62. The molecule has 0 atom stereocenters. The van der Waals surface area contributed by atoms with Gasteiger partial charge in [-0.1, -0.05) is 42.5 Å². The lowest BCUT2D eigenvalue weighted by atomic mass is 9.98. The first-order valence-corrected chi connectivity index (χ1v) is 11.8. The standard InChI is InChI=1S/C26H34FN3O2/c27-23-8-6-22(7-9-23)20-29-16-11-24(12-17-29)30(25-13-18-32-19-14-25)26(31)28-15-10-21-4-2-1-3-5-21/h1-9,24-25H,10-20H2,(H,28,31). The maximum Gasteiger partial charge on any atom is 0.317 e. The molecule has 0 aromatic heterocycles. The SMILES string of the molecule is O=C(NCCc1ccccc1)N(C1CCOCC1)C1CCN(Cc2ccc(F)cc2)CC1. The third kappa shape index (κ3) is 6.30. The number of nitrogens with one attached hydrogen (secondary N) is 1. The fraction of sp³-hybridized carbons (Fsp3) is 0.500. The van der Waals surface area contributed by atoms with E-state index in [9.17, 15) is 9.18 Å². The second kappa shape index (κ2) is 11.4. The van der Waals surface area contributed by atoms with Crippen molar-refractivity contribution in [3.8, 4) is 0 Å². The van der Waals surface area contributed by atoms with Crippen molar-refractivity contribution in [1.82, 2.24) is 15.1 Å². The predicted octanol–water partition coefficient (Wildman–Crippen LogP) is 4.22. The molecule has 0 radical (unpaired) electrons. The first kappa shape index (κ1) is 22.7. The van der Waals surface area contributed by atoms with Crippen LogP contribution in [-0.4, -0.2) is 60.8 Å². The summed E-state index contributed by atoms with van der Waals surface area (Å²) in [5.74, 6) is -0.196. The number of carbonyl (C=O) groups is 1. The van der Waals surface area contributed by atoms with Gasteiger partial charge in [-0.05, 0) is 55.4 Å². The summed E-state index contributed by atoms with van der Waals surface area (Å²) in [6, 6.07) is 17.6. The summed E-state index contributed by atoms with van der Waals surface area (Å²) >= 11 is 0. The van der Waals surface area contributed by atoms with Gasteiger partial charge in [-0.2, -0.15) is 0 Å². The highest BCUT2D eigenvalue weighted by Crippen LogP contribution is 2.25. The van der Waals surface area contributed by atoms with Crippen molar-refractivity contribution in [1.29, 1.82) is 0 Å². The molecule has 2 aliphatic rings. The zero-order valence-electron chi connectivity index (χ0n) is 18.7. The van der Waals surface area contributed by atoms with E-state index in [4.69, 9.17) is 4.74 Å². The lowest BCUT2D eigenvalue weighted by Gasteiger charge is -2.43. The molecule has 2 fully saturated rings. The van der Waals surface area contributed by atoms with Crippen molar-refractivity contribution in [2.75, 3.05) is 32.8 Å². The molecule has 2 aromatic rings. The highest BCUT2D eigenvalue weighted by atomic mass is 19.1. The Morgan fingerprint density at radius 3 is 2.28 bits per heavy atom. The Kier molecular flexibility index (Phi) is 8.13.